The van der Waals surface area contributed by atoms with Gasteiger partial charge in [0.25, 0.3) is 5.91 Å². The molecule has 2 aromatic rings. The minimum Gasteiger partial charge on any atom is -0.483 e. The van der Waals surface area contributed by atoms with Crippen LogP contribution in [0.2, 0.25) is 0 Å². The molecule has 1 aromatic carbocycles. The Kier molecular flexibility index (Phi) is 7.61. The van der Waals surface area contributed by atoms with E-state index in [2.05, 4.69) is 69.1 Å². The summed E-state index contributed by atoms with van der Waals surface area (Å²) in [5.41, 5.74) is 3.64. The van der Waals surface area contributed by atoms with Crippen molar-refractivity contribution in [1.82, 2.24) is 20.1 Å². The molecule has 0 radical (unpaired) electrons. The van der Waals surface area contributed by atoms with Crippen molar-refractivity contribution in [3.05, 3.63) is 41.5 Å². The lowest BCUT2D eigenvalue weighted by Crippen LogP contribution is -2.30. The maximum Gasteiger partial charge on any atom is 0.257 e. The molecule has 2 rings (SSSR count). The summed E-state index contributed by atoms with van der Waals surface area (Å²) in [6, 6.07) is 4.41. The Morgan fingerprint density at radius 2 is 2.04 bits per heavy atom. The molecular formula is C22H34N4O2. The standard InChI is InChI=1S/C22H34N4O2/c1-16(2)10-18-12-19(22(4,5)6)11-17(3)21(18)28-13-20(27)24-8-7-9-26-15-23-14-25-26/h11-12,14-16H,7-10,13H2,1-6H3,(H,24,27). The maximum atomic E-state index is 12.2. The van der Waals surface area contributed by atoms with E-state index in [9.17, 15) is 4.79 Å². The van der Waals surface area contributed by atoms with E-state index in [1.807, 2.05) is 0 Å². The van der Waals surface area contributed by atoms with Gasteiger partial charge in [-0.05, 0) is 47.8 Å². The normalized spacial score (nSPS) is 11.7. The summed E-state index contributed by atoms with van der Waals surface area (Å²) >= 11 is 0. The van der Waals surface area contributed by atoms with Gasteiger partial charge in [-0.2, -0.15) is 5.10 Å². The van der Waals surface area contributed by atoms with Crippen molar-refractivity contribution in [3.8, 4) is 5.75 Å². The van der Waals surface area contributed by atoms with Crippen molar-refractivity contribution in [1.29, 1.82) is 0 Å². The molecule has 0 aliphatic rings. The first-order valence-electron chi connectivity index (χ1n) is 10.0. The predicted octanol–water partition coefficient (Wildman–Crippen LogP) is 3.67. The summed E-state index contributed by atoms with van der Waals surface area (Å²) in [6.45, 7) is 14.5. The summed E-state index contributed by atoms with van der Waals surface area (Å²) in [7, 11) is 0. The number of aryl methyl sites for hydroxylation is 2. The molecule has 154 valence electrons. The van der Waals surface area contributed by atoms with E-state index >= 15 is 0 Å². The van der Waals surface area contributed by atoms with Crippen LogP contribution in [0.15, 0.2) is 24.8 Å². The fraction of sp³-hybridized carbons (Fsp3) is 0.591. The van der Waals surface area contributed by atoms with Gasteiger partial charge in [-0.25, -0.2) is 4.98 Å². The lowest BCUT2D eigenvalue weighted by molar-refractivity contribution is -0.123. The van der Waals surface area contributed by atoms with Crippen LogP contribution in [0.25, 0.3) is 0 Å². The minimum absolute atomic E-state index is 0.0319. The summed E-state index contributed by atoms with van der Waals surface area (Å²) in [4.78, 5) is 16.1. The maximum absolute atomic E-state index is 12.2. The van der Waals surface area contributed by atoms with Gasteiger partial charge in [0, 0.05) is 13.1 Å². The smallest absolute Gasteiger partial charge is 0.257 e. The number of aromatic nitrogens is 3. The van der Waals surface area contributed by atoms with E-state index in [1.165, 1.54) is 17.5 Å². The average Bonchev–Trinajstić information content (AvgIpc) is 3.10. The van der Waals surface area contributed by atoms with Crippen LogP contribution in [0.1, 0.15) is 57.7 Å². The highest BCUT2D eigenvalue weighted by Crippen LogP contribution is 2.32. The Hall–Kier alpha value is -2.37. The van der Waals surface area contributed by atoms with E-state index in [-0.39, 0.29) is 17.9 Å². The molecule has 0 unspecified atom stereocenters. The second-order valence-electron chi connectivity index (χ2n) is 8.78. The number of ether oxygens (including phenoxy) is 1. The van der Waals surface area contributed by atoms with Crippen molar-refractivity contribution < 1.29 is 9.53 Å². The van der Waals surface area contributed by atoms with Crippen molar-refractivity contribution in [2.45, 2.75) is 66.3 Å². The fourth-order valence-corrected chi connectivity index (χ4v) is 3.08. The molecule has 0 atom stereocenters. The second kappa shape index (κ2) is 9.71. The van der Waals surface area contributed by atoms with Crippen molar-refractivity contribution in [2.75, 3.05) is 13.2 Å². The third kappa shape index (κ3) is 6.66. The van der Waals surface area contributed by atoms with Crippen LogP contribution in [-0.4, -0.2) is 33.8 Å². The summed E-state index contributed by atoms with van der Waals surface area (Å²) in [5.74, 6) is 1.26. The lowest BCUT2D eigenvalue weighted by Gasteiger charge is -2.24. The number of nitrogens with one attached hydrogen (secondary N) is 1. The van der Waals surface area contributed by atoms with Crippen LogP contribution in [0.3, 0.4) is 0 Å². The minimum atomic E-state index is -0.103. The van der Waals surface area contributed by atoms with Crippen LogP contribution in [0, 0.1) is 12.8 Å². The zero-order valence-electron chi connectivity index (χ0n) is 18.1. The molecule has 0 aliphatic heterocycles. The van der Waals surface area contributed by atoms with Gasteiger partial charge >= 0.3 is 0 Å². The van der Waals surface area contributed by atoms with Gasteiger partial charge in [-0.3, -0.25) is 9.48 Å². The first-order valence-corrected chi connectivity index (χ1v) is 10.0. The number of carbonyl (C=O) groups is 1. The Bertz CT molecular complexity index is 762. The third-order valence-electron chi connectivity index (χ3n) is 4.55. The van der Waals surface area contributed by atoms with Crippen molar-refractivity contribution in [2.24, 2.45) is 5.92 Å². The third-order valence-corrected chi connectivity index (χ3v) is 4.55. The van der Waals surface area contributed by atoms with Gasteiger partial charge in [-0.15, -0.1) is 0 Å². The monoisotopic (exact) mass is 386 g/mol. The highest BCUT2D eigenvalue weighted by Gasteiger charge is 2.19. The molecule has 28 heavy (non-hydrogen) atoms. The summed E-state index contributed by atoms with van der Waals surface area (Å²) in [5, 5.41) is 6.95. The van der Waals surface area contributed by atoms with Gasteiger partial charge in [-0.1, -0.05) is 46.8 Å². The topological polar surface area (TPSA) is 69.0 Å². The Labute approximate surface area is 168 Å². The van der Waals surface area contributed by atoms with Crippen LogP contribution < -0.4 is 10.1 Å². The molecular weight excluding hydrogens is 352 g/mol. The average molecular weight is 387 g/mol. The summed E-state index contributed by atoms with van der Waals surface area (Å²) < 4.78 is 7.71. The van der Waals surface area contributed by atoms with Gasteiger partial charge in [0.1, 0.15) is 18.4 Å². The fourth-order valence-electron chi connectivity index (χ4n) is 3.08. The molecule has 0 saturated heterocycles. The highest BCUT2D eigenvalue weighted by atomic mass is 16.5. The molecule has 1 N–H and O–H groups in total. The van der Waals surface area contributed by atoms with Crippen molar-refractivity contribution >= 4 is 5.91 Å². The molecule has 1 aromatic heterocycles. The number of benzene rings is 1. The van der Waals surface area contributed by atoms with Crippen LogP contribution in [0.5, 0.6) is 5.75 Å². The first kappa shape index (κ1) is 21.9. The van der Waals surface area contributed by atoms with E-state index in [0.29, 0.717) is 12.5 Å². The van der Waals surface area contributed by atoms with Gasteiger partial charge < -0.3 is 10.1 Å². The zero-order valence-corrected chi connectivity index (χ0v) is 18.1. The number of rotatable bonds is 9. The van der Waals surface area contributed by atoms with Gasteiger partial charge in [0.05, 0.1) is 0 Å². The largest absolute Gasteiger partial charge is 0.483 e. The molecule has 0 saturated carbocycles. The quantitative estimate of drug-likeness (QED) is 0.668. The zero-order chi connectivity index (χ0) is 20.7. The van der Waals surface area contributed by atoms with Crippen LogP contribution in [0.4, 0.5) is 0 Å². The lowest BCUT2D eigenvalue weighted by atomic mass is 9.84. The van der Waals surface area contributed by atoms with Gasteiger partial charge in [0.15, 0.2) is 6.61 Å². The number of hydrogen-bond acceptors (Lipinski definition) is 4. The van der Waals surface area contributed by atoms with E-state index < -0.39 is 0 Å². The SMILES string of the molecule is Cc1cc(C(C)(C)C)cc(CC(C)C)c1OCC(=O)NCCCn1cncn1. The summed E-state index contributed by atoms with van der Waals surface area (Å²) in [6.07, 6.45) is 4.91. The molecule has 0 bridgehead atoms. The van der Waals surface area contributed by atoms with E-state index in [4.69, 9.17) is 4.74 Å². The Morgan fingerprint density at radius 1 is 1.29 bits per heavy atom. The van der Waals surface area contributed by atoms with E-state index in [0.717, 1.165) is 30.7 Å². The van der Waals surface area contributed by atoms with E-state index in [1.54, 1.807) is 11.0 Å². The number of amides is 1. The molecule has 6 heteroatoms. The molecule has 6 nitrogen and oxygen atoms in total. The molecule has 1 amide bonds. The molecule has 1 heterocycles. The Morgan fingerprint density at radius 3 is 2.64 bits per heavy atom. The van der Waals surface area contributed by atoms with Crippen LogP contribution in [-0.2, 0) is 23.2 Å². The predicted molar refractivity (Wildman–Crippen MR) is 112 cm³/mol. The molecule has 0 spiro atoms. The molecule has 0 aliphatic carbocycles. The highest BCUT2D eigenvalue weighted by molar-refractivity contribution is 5.77. The molecule has 0 fully saturated rings. The number of nitrogens with zero attached hydrogens (tertiary/aromatic N) is 3. The first-order chi connectivity index (χ1) is 13.2. The van der Waals surface area contributed by atoms with Crippen molar-refractivity contribution in [3.63, 3.8) is 0 Å². The number of hydrogen-bond donors (Lipinski definition) is 1. The van der Waals surface area contributed by atoms with Crippen LogP contribution >= 0.6 is 0 Å². The number of carbonyl (C=O) groups excluding carboxylic acids is 1. The second-order valence-corrected chi connectivity index (χ2v) is 8.78. The van der Waals surface area contributed by atoms with Gasteiger partial charge in [0.2, 0.25) is 0 Å². The Balaban J connectivity index is 1.94.